The molecule has 0 saturated heterocycles. The highest BCUT2D eigenvalue weighted by Crippen LogP contribution is 2.25. The van der Waals surface area contributed by atoms with E-state index in [1.165, 1.54) is 4.40 Å². The van der Waals surface area contributed by atoms with Crippen molar-refractivity contribution >= 4 is 11.5 Å². The van der Waals surface area contributed by atoms with Gasteiger partial charge in [0.15, 0.2) is 5.82 Å². The molecule has 0 radical (unpaired) electrons. The van der Waals surface area contributed by atoms with Crippen molar-refractivity contribution in [3.63, 3.8) is 0 Å². The number of aromatic amines is 2. The van der Waals surface area contributed by atoms with Crippen molar-refractivity contribution in [1.82, 2.24) is 29.8 Å². The van der Waals surface area contributed by atoms with E-state index in [-0.39, 0.29) is 17.1 Å². The zero-order chi connectivity index (χ0) is 15.9. The molecule has 3 aromatic heterocycles. The van der Waals surface area contributed by atoms with Crippen molar-refractivity contribution in [3.05, 3.63) is 40.3 Å². The minimum Gasteiger partial charge on any atom is -0.360 e. The molecule has 3 N–H and O–H groups in total. The van der Waals surface area contributed by atoms with Crippen LogP contribution in [0.4, 0.5) is 5.82 Å². The largest absolute Gasteiger partial charge is 0.360 e. The SMILES string of the molecule is CC(Nc1nc(C(C)(C)C)cn2c(=O)[nH]nc12)c1cn[nH]c1. The smallest absolute Gasteiger partial charge is 0.347 e. The lowest BCUT2D eigenvalue weighted by Gasteiger charge is -2.20. The van der Waals surface area contributed by atoms with Gasteiger partial charge in [-0.05, 0) is 6.92 Å². The lowest BCUT2D eigenvalue weighted by Crippen LogP contribution is -2.20. The Morgan fingerprint density at radius 3 is 2.77 bits per heavy atom. The van der Waals surface area contributed by atoms with Crippen LogP contribution < -0.4 is 11.0 Å². The van der Waals surface area contributed by atoms with Gasteiger partial charge in [-0.15, -0.1) is 5.10 Å². The van der Waals surface area contributed by atoms with Gasteiger partial charge in [-0.2, -0.15) is 5.10 Å². The Morgan fingerprint density at radius 1 is 1.36 bits per heavy atom. The molecule has 0 aliphatic rings. The molecular formula is C14H19N7O. The molecule has 3 heterocycles. The molecule has 0 spiro atoms. The van der Waals surface area contributed by atoms with Gasteiger partial charge in [0.1, 0.15) is 0 Å². The van der Waals surface area contributed by atoms with Crippen LogP contribution in [0.15, 0.2) is 23.4 Å². The molecular weight excluding hydrogens is 282 g/mol. The summed E-state index contributed by atoms with van der Waals surface area (Å²) in [5.74, 6) is 0.569. The summed E-state index contributed by atoms with van der Waals surface area (Å²) in [6.07, 6.45) is 5.30. The normalized spacial score (nSPS) is 13.5. The Labute approximate surface area is 127 Å². The van der Waals surface area contributed by atoms with Gasteiger partial charge in [-0.1, -0.05) is 20.8 Å². The summed E-state index contributed by atoms with van der Waals surface area (Å²) in [6.45, 7) is 8.15. The van der Waals surface area contributed by atoms with Crippen molar-refractivity contribution in [2.45, 2.75) is 39.2 Å². The van der Waals surface area contributed by atoms with E-state index in [1.807, 2.05) is 13.1 Å². The van der Waals surface area contributed by atoms with E-state index >= 15 is 0 Å². The van der Waals surface area contributed by atoms with E-state index in [1.54, 1.807) is 12.4 Å². The number of fused-ring (bicyclic) bond motifs is 1. The summed E-state index contributed by atoms with van der Waals surface area (Å²) in [5.41, 5.74) is 1.83. The van der Waals surface area contributed by atoms with Crippen LogP contribution in [-0.4, -0.2) is 29.8 Å². The summed E-state index contributed by atoms with van der Waals surface area (Å²) in [4.78, 5) is 16.6. The van der Waals surface area contributed by atoms with Crippen LogP contribution in [0, 0.1) is 0 Å². The second-order valence-electron chi connectivity index (χ2n) is 6.34. The molecule has 0 fully saturated rings. The standard InChI is InChI=1S/C14H19N7O/c1-8(9-5-15-16-6-9)17-11-12-19-20-13(22)21(12)7-10(18-11)14(2,3)4/h5-8H,1-4H3,(H,15,16)(H,17,18)(H,20,22). The van der Waals surface area contributed by atoms with Crippen LogP contribution in [0.25, 0.3) is 5.65 Å². The molecule has 8 nitrogen and oxygen atoms in total. The molecule has 3 rings (SSSR count). The van der Waals surface area contributed by atoms with Crippen molar-refractivity contribution < 1.29 is 0 Å². The molecule has 3 aromatic rings. The van der Waals surface area contributed by atoms with E-state index in [0.29, 0.717) is 11.5 Å². The van der Waals surface area contributed by atoms with Crippen LogP contribution >= 0.6 is 0 Å². The van der Waals surface area contributed by atoms with Gasteiger partial charge in [-0.3, -0.25) is 5.10 Å². The zero-order valence-corrected chi connectivity index (χ0v) is 13.0. The number of nitrogens with one attached hydrogen (secondary N) is 3. The molecule has 0 aliphatic heterocycles. The maximum atomic E-state index is 11.9. The molecule has 8 heteroatoms. The number of hydrogen-bond donors (Lipinski definition) is 3. The first kappa shape index (κ1) is 14.3. The summed E-state index contributed by atoms with van der Waals surface area (Å²) in [7, 11) is 0. The maximum Gasteiger partial charge on any atom is 0.347 e. The van der Waals surface area contributed by atoms with Crippen LogP contribution in [0.5, 0.6) is 0 Å². The fourth-order valence-corrected chi connectivity index (χ4v) is 2.16. The number of anilines is 1. The number of aromatic nitrogens is 6. The Hall–Kier alpha value is -2.64. The molecule has 1 atom stereocenters. The fraction of sp³-hybridized carbons (Fsp3) is 0.429. The topological polar surface area (TPSA) is 104 Å². The number of rotatable bonds is 3. The van der Waals surface area contributed by atoms with Crippen LogP contribution in [0.1, 0.15) is 45.0 Å². The van der Waals surface area contributed by atoms with Crippen LogP contribution in [0.3, 0.4) is 0 Å². The summed E-state index contributed by atoms with van der Waals surface area (Å²) in [6, 6.07) is -0.0166. The molecule has 116 valence electrons. The quantitative estimate of drug-likeness (QED) is 0.682. The molecule has 0 aliphatic carbocycles. The first-order valence-electron chi connectivity index (χ1n) is 7.10. The third-order valence-electron chi connectivity index (χ3n) is 3.54. The number of nitrogens with zero attached hydrogens (tertiary/aromatic N) is 4. The monoisotopic (exact) mass is 301 g/mol. The average Bonchev–Trinajstić information content (AvgIpc) is 3.08. The van der Waals surface area contributed by atoms with Crippen molar-refractivity contribution in [2.24, 2.45) is 0 Å². The second kappa shape index (κ2) is 4.97. The van der Waals surface area contributed by atoms with Gasteiger partial charge >= 0.3 is 5.69 Å². The lowest BCUT2D eigenvalue weighted by molar-refractivity contribution is 0.564. The van der Waals surface area contributed by atoms with E-state index < -0.39 is 0 Å². The first-order chi connectivity index (χ1) is 10.4. The summed E-state index contributed by atoms with van der Waals surface area (Å²) < 4.78 is 1.48. The Balaban J connectivity index is 2.09. The van der Waals surface area contributed by atoms with Crippen LogP contribution in [-0.2, 0) is 5.41 Å². The van der Waals surface area contributed by atoms with Gasteiger partial charge in [0.25, 0.3) is 0 Å². The van der Waals surface area contributed by atoms with E-state index in [4.69, 9.17) is 0 Å². The predicted octanol–water partition coefficient (Wildman–Crippen LogP) is 1.61. The zero-order valence-electron chi connectivity index (χ0n) is 13.0. The van der Waals surface area contributed by atoms with Gasteiger partial charge in [0, 0.05) is 23.4 Å². The predicted molar refractivity (Wildman–Crippen MR) is 82.9 cm³/mol. The molecule has 0 saturated carbocycles. The molecule has 0 amide bonds. The van der Waals surface area contributed by atoms with Gasteiger partial charge < -0.3 is 5.32 Å². The molecule has 1 unspecified atom stereocenters. The van der Waals surface area contributed by atoms with Crippen molar-refractivity contribution in [3.8, 4) is 0 Å². The van der Waals surface area contributed by atoms with Crippen molar-refractivity contribution in [1.29, 1.82) is 0 Å². The van der Waals surface area contributed by atoms with E-state index in [0.717, 1.165) is 11.3 Å². The summed E-state index contributed by atoms with van der Waals surface area (Å²) in [5, 5.41) is 16.5. The summed E-state index contributed by atoms with van der Waals surface area (Å²) >= 11 is 0. The van der Waals surface area contributed by atoms with E-state index in [2.05, 4.69) is 51.5 Å². The highest BCUT2D eigenvalue weighted by atomic mass is 16.1. The maximum absolute atomic E-state index is 11.9. The van der Waals surface area contributed by atoms with Gasteiger partial charge in [0.05, 0.1) is 17.9 Å². The minimum atomic E-state index is -0.276. The van der Waals surface area contributed by atoms with Gasteiger partial charge in [0.2, 0.25) is 5.65 Å². The third kappa shape index (κ3) is 2.47. The van der Waals surface area contributed by atoms with Crippen LogP contribution in [0.2, 0.25) is 0 Å². The van der Waals surface area contributed by atoms with E-state index in [9.17, 15) is 4.79 Å². The second-order valence-corrected chi connectivity index (χ2v) is 6.34. The van der Waals surface area contributed by atoms with Gasteiger partial charge in [-0.25, -0.2) is 19.3 Å². The fourth-order valence-electron chi connectivity index (χ4n) is 2.16. The van der Waals surface area contributed by atoms with Crippen molar-refractivity contribution in [2.75, 3.05) is 5.32 Å². The Morgan fingerprint density at radius 2 is 2.14 bits per heavy atom. The number of hydrogen-bond acceptors (Lipinski definition) is 5. The minimum absolute atomic E-state index is 0.0166. The molecule has 0 aromatic carbocycles. The molecule has 22 heavy (non-hydrogen) atoms. The average molecular weight is 301 g/mol. The Kier molecular flexibility index (Phi) is 3.23. The lowest BCUT2D eigenvalue weighted by atomic mass is 9.93. The third-order valence-corrected chi connectivity index (χ3v) is 3.54. The Bertz CT molecular complexity index is 838. The first-order valence-corrected chi connectivity index (χ1v) is 7.10. The highest BCUT2D eigenvalue weighted by molar-refractivity contribution is 5.63. The molecule has 0 bridgehead atoms. The highest BCUT2D eigenvalue weighted by Gasteiger charge is 2.21. The number of H-pyrrole nitrogens is 2.